The summed E-state index contributed by atoms with van der Waals surface area (Å²) in [6.45, 7) is 0.575. The summed E-state index contributed by atoms with van der Waals surface area (Å²) in [5, 5.41) is 3.67. The van der Waals surface area contributed by atoms with E-state index in [-0.39, 0.29) is 11.9 Å². The van der Waals surface area contributed by atoms with E-state index in [2.05, 4.69) is 9.99 Å². The summed E-state index contributed by atoms with van der Waals surface area (Å²) >= 11 is 0. The summed E-state index contributed by atoms with van der Waals surface area (Å²) in [5.74, 6) is -0.498. The third kappa shape index (κ3) is 3.63. The quantitative estimate of drug-likeness (QED) is 0.483. The predicted molar refractivity (Wildman–Crippen MR) is 81.7 cm³/mol. The first-order valence-electron chi connectivity index (χ1n) is 7.22. The van der Waals surface area contributed by atoms with Gasteiger partial charge < -0.3 is 14.5 Å². The smallest absolute Gasteiger partial charge is 0.328 e. The molecule has 0 spiro atoms. The fraction of sp³-hybridized carbons (Fsp3) is 0.438. The van der Waals surface area contributed by atoms with Crippen molar-refractivity contribution in [1.29, 1.82) is 0 Å². The summed E-state index contributed by atoms with van der Waals surface area (Å²) in [4.78, 5) is 30.7. The fourth-order valence-corrected chi connectivity index (χ4v) is 2.55. The maximum absolute atomic E-state index is 12.6. The first kappa shape index (κ1) is 16.0. The molecule has 6 heteroatoms. The van der Waals surface area contributed by atoms with Gasteiger partial charge >= 0.3 is 5.97 Å². The Morgan fingerprint density at radius 1 is 1.23 bits per heavy atom. The van der Waals surface area contributed by atoms with Gasteiger partial charge in [0.2, 0.25) is 0 Å². The highest BCUT2D eigenvalue weighted by molar-refractivity contribution is 5.97. The molecule has 1 unspecified atom stereocenters. The average Bonchev–Trinajstić information content (AvgIpc) is 2.59. The standard InChI is InChI=1S/C16H20N2O4/c1-21-16(20)14-5-3-4-10-18(14)15(19)13-8-6-12(7-9-13)11-17-22-2/h6-9,11,14H,3-5,10H2,1-2H3/b17-11+. The third-order valence-electron chi connectivity index (χ3n) is 3.70. The average molecular weight is 304 g/mol. The topological polar surface area (TPSA) is 68.2 Å². The minimum absolute atomic E-state index is 0.148. The van der Waals surface area contributed by atoms with Crippen LogP contribution in [0.15, 0.2) is 29.4 Å². The summed E-state index contributed by atoms with van der Waals surface area (Å²) in [7, 11) is 2.82. The number of nitrogens with zero attached hydrogens (tertiary/aromatic N) is 2. The largest absolute Gasteiger partial charge is 0.467 e. The van der Waals surface area contributed by atoms with Crippen LogP contribution in [0.1, 0.15) is 35.2 Å². The van der Waals surface area contributed by atoms with E-state index in [4.69, 9.17) is 4.74 Å². The second kappa shape index (κ2) is 7.59. The van der Waals surface area contributed by atoms with Crippen LogP contribution in [-0.4, -0.2) is 49.8 Å². The molecule has 1 aromatic rings. The highest BCUT2D eigenvalue weighted by Gasteiger charge is 2.33. The number of carbonyl (C=O) groups is 2. The Bertz CT molecular complexity index is 554. The number of benzene rings is 1. The monoisotopic (exact) mass is 304 g/mol. The van der Waals surface area contributed by atoms with Gasteiger partial charge in [-0.05, 0) is 37.0 Å². The Labute approximate surface area is 129 Å². The number of likely N-dealkylation sites (tertiary alicyclic amines) is 1. The van der Waals surface area contributed by atoms with E-state index in [0.29, 0.717) is 18.5 Å². The number of oxime groups is 1. The van der Waals surface area contributed by atoms with E-state index < -0.39 is 6.04 Å². The molecule has 2 rings (SSSR count). The first-order valence-corrected chi connectivity index (χ1v) is 7.22. The fourth-order valence-electron chi connectivity index (χ4n) is 2.55. The Balaban J connectivity index is 2.14. The zero-order chi connectivity index (χ0) is 15.9. The molecule has 0 aliphatic carbocycles. The minimum Gasteiger partial charge on any atom is -0.467 e. The molecule has 6 nitrogen and oxygen atoms in total. The normalized spacial score (nSPS) is 18.3. The number of ether oxygens (including phenoxy) is 1. The molecule has 118 valence electrons. The van der Waals surface area contributed by atoms with Crippen molar-refractivity contribution in [1.82, 2.24) is 4.90 Å². The Kier molecular flexibility index (Phi) is 5.52. The molecular weight excluding hydrogens is 284 g/mol. The maximum Gasteiger partial charge on any atom is 0.328 e. The lowest BCUT2D eigenvalue weighted by atomic mass is 10.0. The van der Waals surface area contributed by atoms with Gasteiger partial charge in [-0.15, -0.1) is 0 Å². The van der Waals surface area contributed by atoms with Crippen LogP contribution in [0.25, 0.3) is 0 Å². The molecule has 1 saturated heterocycles. The van der Waals surface area contributed by atoms with Gasteiger partial charge in [0, 0.05) is 12.1 Å². The molecule has 1 heterocycles. The van der Waals surface area contributed by atoms with Crippen LogP contribution in [0, 0.1) is 0 Å². The van der Waals surface area contributed by atoms with Crippen LogP contribution in [0.3, 0.4) is 0 Å². The number of methoxy groups -OCH3 is 1. The Morgan fingerprint density at radius 3 is 2.59 bits per heavy atom. The van der Waals surface area contributed by atoms with E-state index in [1.807, 2.05) is 0 Å². The number of piperidine rings is 1. The number of hydrogen-bond acceptors (Lipinski definition) is 5. The second-order valence-corrected chi connectivity index (χ2v) is 5.07. The highest BCUT2D eigenvalue weighted by atomic mass is 16.6. The van der Waals surface area contributed by atoms with Gasteiger partial charge in [0.1, 0.15) is 13.2 Å². The zero-order valence-electron chi connectivity index (χ0n) is 12.8. The summed E-state index contributed by atoms with van der Waals surface area (Å²) in [5.41, 5.74) is 1.38. The van der Waals surface area contributed by atoms with Crippen molar-refractivity contribution in [2.24, 2.45) is 5.16 Å². The zero-order valence-corrected chi connectivity index (χ0v) is 12.8. The van der Waals surface area contributed by atoms with Crippen LogP contribution < -0.4 is 0 Å². The molecular formula is C16H20N2O4. The molecule has 0 bridgehead atoms. The van der Waals surface area contributed by atoms with Gasteiger partial charge in [-0.3, -0.25) is 4.79 Å². The van der Waals surface area contributed by atoms with Crippen LogP contribution in [0.5, 0.6) is 0 Å². The Morgan fingerprint density at radius 2 is 1.95 bits per heavy atom. The molecule has 1 aliphatic heterocycles. The molecule has 1 amide bonds. The van der Waals surface area contributed by atoms with Crippen molar-refractivity contribution in [3.05, 3.63) is 35.4 Å². The van der Waals surface area contributed by atoms with Crippen LogP contribution >= 0.6 is 0 Å². The van der Waals surface area contributed by atoms with E-state index in [9.17, 15) is 9.59 Å². The minimum atomic E-state index is -0.485. The van der Waals surface area contributed by atoms with Gasteiger partial charge in [-0.1, -0.05) is 17.3 Å². The molecule has 1 aliphatic rings. The van der Waals surface area contributed by atoms with E-state index in [1.54, 1.807) is 35.4 Å². The highest BCUT2D eigenvalue weighted by Crippen LogP contribution is 2.20. The molecule has 0 saturated carbocycles. The van der Waals surface area contributed by atoms with Crippen molar-refractivity contribution in [3.63, 3.8) is 0 Å². The van der Waals surface area contributed by atoms with Crippen molar-refractivity contribution in [2.75, 3.05) is 20.8 Å². The summed E-state index contributed by atoms with van der Waals surface area (Å²) in [6.07, 6.45) is 4.04. The summed E-state index contributed by atoms with van der Waals surface area (Å²) < 4.78 is 4.81. The predicted octanol–water partition coefficient (Wildman–Crippen LogP) is 1.83. The van der Waals surface area contributed by atoms with Crippen LogP contribution in [0.2, 0.25) is 0 Å². The number of esters is 1. The van der Waals surface area contributed by atoms with Crippen molar-refractivity contribution < 1.29 is 19.2 Å². The molecule has 0 radical (unpaired) electrons. The van der Waals surface area contributed by atoms with E-state index >= 15 is 0 Å². The van der Waals surface area contributed by atoms with E-state index in [1.165, 1.54) is 14.2 Å². The van der Waals surface area contributed by atoms with Crippen molar-refractivity contribution >= 4 is 18.1 Å². The molecule has 0 aromatic heterocycles. The third-order valence-corrected chi connectivity index (χ3v) is 3.70. The van der Waals surface area contributed by atoms with Gasteiger partial charge in [0.05, 0.1) is 13.3 Å². The van der Waals surface area contributed by atoms with Gasteiger partial charge in [0.15, 0.2) is 0 Å². The van der Waals surface area contributed by atoms with Gasteiger partial charge in [0.25, 0.3) is 5.91 Å². The van der Waals surface area contributed by atoms with Crippen molar-refractivity contribution in [2.45, 2.75) is 25.3 Å². The van der Waals surface area contributed by atoms with Crippen LogP contribution in [-0.2, 0) is 14.4 Å². The number of amides is 1. The maximum atomic E-state index is 12.6. The molecule has 22 heavy (non-hydrogen) atoms. The van der Waals surface area contributed by atoms with E-state index in [0.717, 1.165) is 18.4 Å². The van der Waals surface area contributed by atoms with Crippen LogP contribution in [0.4, 0.5) is 0 Å². The number of rotatable bonds is 4. The lowest BCUT2D eigenvalue weighted by molar-refractivity contribution is -0.147. The molecule has 1 atom stereocenters. The lowest BCUT2D eigenvalue weighted by Crippen LogP contribution is -2.48. The molecule has 0 N–H and O–H groups in total. The number of hydrogen-bond donors (Lipinski definition) is 0. The van der Waals surface area contributed by atoms with Gasteiger partial charge in [-0.25, -0.2) is 4.79 Å². The van der Waals surface area contributed by atoms with Gasteiger partial charge in [-0.2, -0.15) is 0 Å². The number of carbonyl (C=O) groups excluding carboxylic acids is 2. The first-order chi connectivity index (χ1) is 10.7. The molecule has 1 fully saturated rings. The summed E-state index contributed by atoms with van der Waals surface area (Å²) in [6, 6.07) is 6.53. The molecule has 1 aromatic carbocycles. The Hall–Kier alpha value is -2.37. The second-order valence-electron chi connectivity index (χ2n) is 5.07. The lowest BCUT2D eigenvalue weighted by Gasteiger charge is -2.33. The SMILES string of the molecule is CO/N=C/c1ccc(C(=O)N2CCCCC2C(=O)OC)cc1. The van der Waals surface area contributed by atoms with Crippen molar-refractivity contribution in [3.8, 4) is 0 Å².